The summed E-state index contributed by atoms with van der Waals surface area (Å²) < 4.78 is 2.02. The quantitative estimate of drug-likeness (QED) is 0.539. The van der Waals surface area contributed by atoms with E-state index in [1.54, 1.807) is 12.4 Å². The first-order valence-electron chi connectivity index (χ1n) is 8.65. The van der Waals surface area contributed by atoms with Crippen LogP contribution in [0.4, 0.5) is 0 Å². The van der Waals surface area contributed by atoms with Gasteiger partial charge in [0, 0.05) is 29.2 Å². The molecule has 4 nitrogen and oxygen atoms in total. The predicted molar refractivity (Wildman–Crippen MR) is 103 cm³/mol. The third-order valence-electron chi connectivity index (χ3n) is 4.66. The smallest absolute Gasteiger partial charge is 0.0991 e. The molecule has 0 atom stereocenters. The highest BCUT2D eigenvalue weighted by Crippen LogP contribution is 2.37. The molecule has 26 heavy (non-hydrogen) atoms. The van der Waals surface area contributed by atoms with Crippen molar-refractivity contribution in [1.82, 2.24) is 14.6 Å². The Morgan fingerprint density at radius 1 is 1.00 bits per heavy atom. The molecule has 126 valence electrons. The number of aromatic nitrogens is 3. The monoisotopic (exact) mass is 338 g/mol. The molecule has 0 N–H and O–H groups in total. The van der Waals surface area contributed by atoms with Crippen molar-refractivity contribution < 1.29 is 0 Å². The van der Waals surface area contributed by atoms with Gasteiger partial charge in [-0.2, -0.15) is 10.4 Å². The van der Waals surface area contributed by atoms with E-state index in [0.717, 1.165) is 39.9 Å². The van der Waals surface area contributed by atoms with Crippen LogP contribution in [0.25, 0.3) is 27.8 Å². The number of rotatable bonds is 3. The highest BCUT2D eigenvalue weighted by Gasteiger charge is 2.18. The maximum Gasteiger partial charge on any atom is 0.0991 e. The lowest BCUT2D eigenvalue weighted by Gasteiger charge is -2.16. The molecular weight excluding hydrogens is 320 g/mol. The zero-order chi connectivity index (χ0) is 18.1. The normalized spacial score (nSPS) is 10.8. The van der Waals surface area contributed by atoms with Gasteiger partial charge in [-0.1, -0.05) is 19.1 Å². The summed E-state index contributed by atoms with van der Waals surface area (Å²) in [6.45, 7) is 4.16. The lowest BCUT2D eigenvalue weighted by atomic mass is 9.93. The van der Waals surface area contributed by atoms with Crippen molar-refractivity contribution in [2.24, 2.45) is 0 Å². The molecule has 0 fully saturated rings. The number of pyridine rings is 1. The van der Waals surface area contributed by atoms with E-state index in [-0.39, 0.29) is 0 Å². The average Bonchev–Trinajstić information content (AvgIpc) is 3.10. The highest BCUT2D eigenvalue weighted by atomic mass is 15.2. The zero-order valence-electron chi connectivity index (χ0n) is 14.8. The molecule has 0 aliphatic rings. The summed E-state index contributed by atoms with van der Waals surface area (Å²) in [6.07, 6.45) is 4.50. The van der Waals surface area contributed by atoms with Gasteiger partial charge in [-0.05, 0) is 60.9 Å². The number of hydrogen-bond acceptors (Lipinski definition) is 3. The van der Waals surface area contributed by atoms with Gasteiger partial charge in [0.15, 0.2) is 0 Å². The van der Waals surface area contributed by atoms with Crippen molar-refractivity contribution in [2.75, 3.05) is 0 Å². The molecular formula is C22H18N4. The minimum absolute atomic E-state index is 0.651. The number of fused-ring (bicyclic) bond motifs is 1. The fraction of sp³-hybridized carbons (Fsp3) is 0.136. The molecule has 0 aliphatic heterocycles. The summed E-state index contributed by atoms with van der Waals surface area (Å²) in [6, 6.07) is 18.2. The Morgan fingerprint density at radius 2 is 1.81 bits per heavy atom. The summed E-state index contributed by atoms with van der Waals surface area (Å²) in [5, 5.41) is 14.2. The van der Waals surface area contributed by atoms with Crippen LogP contribution in [0.3, 0.4) is 0 Å². The Kier molecular flexibility index (Phi) is 3.98. The van der Waals surface area contributed by atoms with E-state index in [0.29, 0.717) is 5.56 Å². The zero-order valence-corrected chi connectivity index (χ0v) is 14.8. The molecule has 0 spiro atoms. The van der Waals surface area contributed by atoms with Gasteiger partial charge in [0.05, 0.1) is 22.8 Å². The number of nitriles is 1. The van der Waals surface area contributed by atoms with Crippen LogP contribution in [-0.4, -0.2) is 14.6 Å². The van der Waals surface area contributed by atoms with Gasteiger partial charge >= 0.3 is 0 Å². The summed E-state index contributed by atoms with van der Waals surface area (Å²) in [7, 11) is 0. The third kappa shape index (κ3) is 2.55. The maximum atomic E-state index is 9.33. The van der Waals surface area contributed by atoms with Crippen LogP contribution in [0, 0.1) is 18.3 Å². The van der Waals surface area contributed by atoms with Crippen molar-refractivity contribution in [3.05, 3.63) is 77.9 Å². The summed E-state index contributed by atoms with van der Waals surface area (Å²) >= 11 is 0. The van der Waals surface area contributed by atoms with Crippen LogP contribution in [0.5, 0.6) is 0 Å². The number of aryl methyl sites for hydroxylation is 2. The summed E-state index contributed by atoms with van der Waals surface area (Å²) in [5.74, 6) is 0. The largest absolute Gasteiger partial charge is 0.265 e. The van der Waals surface area contributed by atoms with E-state index < -0.39 is 0 Å². The van der Waals surface area contributed by atoms with Gasteiger partial charge in [0.2, 0.25) is 0 Å². The van der Waals surface area contributed by atoms with Gasteiger partial charge in [0.25, 0.3) is 0 Å². The van der Waals surface area contributed by atoms with E-state index in [1.165, 1.54) is 5.69 Å². The van der Waals surface area contributed by atoms with Gasteiger partial charge in [-0.15, -0.1) is 0 Å². The molecule has 0 saturated carbocycles. The van der Waals surface area contributed by atoms with Gasteiger partial charge in [-0.3, -0.25) is 4.98 Å². The van der Waals surface area contributed by atoms with Crippen molar-refractivity contribution in [2.45, 2.75) is 20.3 Å². The molecule has 0 bridgehead atoms. The SMILES string of the molecule is CCc1ccc2c(-c3cccc(C#N)c3)c(-c3ccncc3)c(C)nn12. The molecule has 3 aromatic heterocycles. The van der Waals surface area contributed by atoms with Crippen molar-refractivity contribution in [1.29, 1.82) is 5.26 Å². The molecule has 4 heteroatoms. The lowest BCUT2D eigenvalue weighted by molar-refractivity contribution is 0.841. The van der Waals surface area contributed by atoms with Crippen LogP contribution in [0.15, 0.2) is 60.9 Å². The Balaban J connectivity index is 2.13. The minimum atomic E-state index is 0.651. The first-order chi connectivity index (χ1) is 12.7. The van der Waals surface area contributed by atoms with Gasteiger partial charge in [0.1, 0.15) is 0 Å². The second kappa shape index (κ2) is 6.45. The van der Waals surface area contributed by atoms with E-state index >= 15 is 0 Å². The van der Waals surface area contributed by atoms with Crippen LogP contribution in [0.1, 0.15) is 23.9 Å². The predicted octanol–water partition coefficient (Wildman–Crippen LogP) is 4.81. The first kappa shape index (κ1) is 16.0. The maximum absolute atomic E-state index is 9.33. The number of hydrogen-bond donors (Lipinski definition) is 0. The molecule has 0 unspecified atom stereocenters. The van der Waals surface area contributed by atoms with Crippen molar-refractivity contribution >= 4 is 5.52 Å². The van der Waals surface area contributed by atoms with E-state index in [4.69, 9.17) is 5.10 Å². The highest BCUT2D eigenvalue weighted by molar-refractivity contribution is 5.94. The van der Waals surface area contributed by atoms with Crippen LogP contribution < -0.4 is 0 Å². The molecule has 0 radical (unpaired) electrons. The Labute approximate surface area is 152 Å². The van der Waals surface area contributed by atoms with Crippen molar-refractivity contribution in [3.8, 4) is 28.3 Å². The third-order valence-corrected chi connectivity index (χ3v) is 4.66. The molecule has 0 aliphatic carbocycles. The second-order valence-electron chi connectivity index (χ2n) is 6.24. The Bertz CT molecular complexity index is 1130. The molecule has 3 heterocycles. The van der Waals surface area contributed by atoms with E-state index in [2.05, 4.69) is 36.2 Å². The Morgan fingerprint density at radius 3 is 2.54 bits per heavy atom. The Hall–Kier alpha value is -3.45. The summed E-state index contributed by atoms with van der Waals surface area (Å²) in [4.78, 5) is 4.14. The molecule has 1 aromatic carbocycles. The van der Waals surface area contributed by atoms with Gasteiger partial charge < -0.3 is 0 Å². The minimum Gasteiger partial charge on any atom is -0.265 e. The van der Waals surface area contributed by atoms with Crippen LogP contribution >= 0.6 is 0 Å². The first-order valence-corrected chi connectivity index (χ1v) is 8.65. The van der Waals surface area contributed by atoms with E-state index in [1.807, 2.05) is 41.8 Å². The lowest BCUT2D eigenvalue weighted by Crippen LogP contribution is -2.03. The van der Waals surface area contributed by atoms with Crippen LogP contribution in [0.2, 0.25) is 0 Å². The fourth-order valence-electron chi connectivity index (χ4n) is 3.46. The molecule has 0 amide bonds. The summed E-state index contributed by atoms with van der Waals surface area (Å²) in [5.41, 5.74) is 8.09. The van der Waals surface area contributed by atoms with Crippen LogP contribution in [-0.2, 0) is 6.42 Å². The van der Waals surface area contributed by atoms with Crippen molar-refractivity contribution in [3.63, 3.8) is 0 Å². The molecule has 4 aromatic rings. The van der Waals surface area contributed by atoms with E-state index in [9.17, 15) is 5.26 Å². The number of benzene rings is 1. The molecule has 4 rings (SSSR count). The standard InChI is InChI=1S/C22H18N4/c1-3-19-7-8-20-22(18-6-4-5-16(13-18)14-23)21(15(2)25-26(19)20)17-9-11-24-12-10-17/h4-13H,3H2,1-2H3. The topological polar surface area (TPSA) is 54.0 Å². The fourth-order valence-corrected chi connectivity index (χ4v) is 3.46. The molecule has 0 saturated heterocycles. The average molecular weight is 338 g/mol. The number of nitrogens with zero attached hydrogens (tertiary/aromatic N) is 4. The second-order valence-corrected chi connectivity index (χ2v) is 6.24. The van der Waals surface area contributed by atoms with Gasteiger partial charge in [-0.25, -0.2) is 4.52 Å².